The van der Waals surface area contributed by atoms with Gasteiger partial charge in [-0.3, -0.25) is 0 Å². The van der Waals surface area contributed by atoms with Crippen LogP contribution >= 0.6 is 12.4 Å². The van der Waals surface area contributed by atoms with Gasteiger partial charge in [0.1, 0.15) is 0 Å². The molecule has 0 radical (unpaired) electrons. The summed E-state index contributed by atoms with van der Waals surface area (Å²) >= 11 is 0. The molecule has 0 atom stereocenters. The molecule has 0 bridgehead atoms. The first kappa shape index (κ1) is 14.0. The summed E-state index contributed by atoms with van der Waals surface area (Å²) in [4.78, 5) is 1.49. The van der Waals surface area contributed by atoms with Crippen molar-refractivity contribution in [2.45, 2.75) is 0 Å². The number of tetrazole rings is 1. The van der Waals surface area contributed by atoms with Crippen LogP contribution in [0, 0.1) is 0 Å². The van der Waals surface area contributed by atoms with Crippen LogP contribution in [0.25, 0.3) is 17.8 Å². The Labute approximate surface area is 123 Å². The molecular formula is C15H13ClN4. The van der Waals surface area contributed by atoms with Crippen molar-refractivity contribution in [3.8, 4) is 5.69 Å². The molecule has 3 aromatic rings. The van der Waals surface area contributed by atoms with Crippen LogP contribution in [-0.4, -0.2) is 20.2 Å². The van der Waals surface area contributed by atoms with Gasteiger partial charge in [-0.15, -0.1) is 27.4 Å². The average Bonchev–Trinajstić information content (AvgIpc) is 3.01. The second-order valence-corrected chi connectivity index (χ2v) is 4.06. The van der Waals surface area contributed by atoms with E-state index in [2.05, 4.69) is 39.7 Å². The zero-order valence-electron chi connectivity index (χ0n) is 10.6. The minimum absolute atomic E-state index is 0. The van der Waals surface area contributed by atoms with E-state index < -0.39 is 0 Å². The molecule has 5 heteroatoms. The van der Waals surface area contributed by atoms with Crippen LogP contribution < -0.4 is 0 Å². The third-order valence-corrected chi connectivity index (χ3v) is 2.74. The Kier molecular flexibility index (Phi) is 4.63. The van der Waals surface area contributed by atoms with Crippen LogP contribution in [0.4, 0.5) is 0 Å². The third kappa shape index (κ3) is 3.30. The third-order valence-electron chi connectivity index (χ3n) is 2.74. The van der Waals surface area contributed by atoms with Gasteiger partial charge in [0.05, 0.1) is 5.69 Å². The number of hydrogen-bond donors (Lipinski definition) is 0. The SMILES string of the molecule is C(=Cc1ccc(-n2ncnn2)cc1)c1ccccc1.Cl. The minimum Gasteiger partial charge on any atom is -0.147 e. The summed E-state index contributed by atoms with van der Waals surface area (Å²) in [5, 5.41) is 11.5. The molecule has 20 heavy (non-hydrogen) atoms. The first-order valence-corrected chi connectivity index (χ1v) is 5.98. The number of benzene rings is 2. The van der Waals surface area contributed by atoms with Crippen LogP contribution in [0.2, 0.25) is 0 Å². The normalized spacial score (nSPS) is 10.4. The van der Waals surface area contributed by atoms with Gasteiger partial charge in [-0.2, -0.15) is 0 Å². The van der Waals surface area contributed by atoms with Gasteiger partial charge in [0.2, 0.25) is 0 Å². The fourth-order valence-corrected chi connectivity index (χ4v) is 1.76. The topological polar surface area (TPSA) is 43.6 Å². The Balaban J connectivity index is 0.00000147. The smallest absolute Gasteiger partial charge is 0.147 e. The molecule has 100 valence electrons. The summed E-state index contributed by atoms with van der Waals surface area (Å²) in [5.74, 6) is 0. The molecule has 1 aromatic heterocycles. The lowest BCUT2D eigenvalue weighted by Crippen LogP contribution is -1.98. The van der Waals surface area contributed by atoms with E-state index in [9.17, 15) is 0 Å². The molecule has 0 fully saturated rings. The molecule has 0 aliphatic rings. The molecule has 0 spiro atoms. The minimum atomic E-state index is 0. The summed E-state index contributed by atoms with van der Waals surface area (Å²) in [6.45, 7) is 0. The molecule has 0 aliphatic heterocycles. The highest BCUT2D eigenvalue weighted by Gasteiger charge is 1.96. The average molecular weight is 285 g/mol. The molecule has 0 unspecified atom stereocenters. The molecule has 3 rings (SSSR count). The summed E-state index contributed by atoms with van der Waals surface area (Å²) in [6, 6.07) is 18.2. The molecule has 0 saturated heterocycles. The van der Waals surface area contributed by atoms with Crippen LogP contribution in [-0.2, 0) is 0 Å². The number of halogens is 1. The maximum absolute atomic E-state index is 3.99. The van der Waals surface area contributed by atoms with Crippen molar-refractivity contribution >= 4 is 24.6 Å². The fourth-order valence-electron chi connectivity index (χ4n) is 1.76. The maximum atomic E-state index is 3.99. The highest BCUT2D eigenvalue weighted by molar-refractivity contribution is 5.85. The largest absolute Gasteiger partial charge is 0.162 e. The Morgan fingerprint density at radius 3 is 2.05 bits per heavy atom. The van der Waals surface area contributed by atoms with Crippen LogP contribution in [0.5, 0.6) is 0 Å². The van der Waals surface area contributed by atoms with E-state index in [1.807, 2.05) is 42.5 Å². The van der Waals surface area contributed by atoms with Gasteiger partial charge < -0.3 is 0 Å². The number of aromatic nitrogens is 4. The maximum Gasteiger partial charge on any atom is 0.162 e. The predicted octanol–water partition coefficient (Wildman–Crippen LogP) is 3.25. The first-order chi connectivity index (χ1) is 9.42. The van der Waals surface area contributed by atoms with Crippen molar-refractivity contribution in [1.29, 1.82) is 0 Å². The molecule has 0 amide bonds. The van der Waals surface area contributed by atoms with E-state index >= 15 is 0 Å². The molecule has 0 aliphatic carbocycles. The predicted molar refractivity (Wildman–Crippen MR) is 81.8 cm³/mol. The Bertz CT molecular complexity index is 661. The lowest BCUT2D eigenvalue weighted by molar-refractivity contribution is 0.720. The summed E-state index contributed by atoms with van der Waals surface area (Å²) in [6.07, 6.45) is 5.58. The molecule has 1 heterocycles. The van der Waals surface area contributed by atoms with E-state index in [0.29, 0.717) is 0 Å². The highest BCUT2D eigenvalue weighted by Crippen LogP contribution is 2.11. The van der Waals surface area contributed by atoms with E-state index in [1.54, 1.807) is 0 Å². The standard InChI is InChI=1S/C15H12N4.ClH/c1-2-4-13(5-3-1)6-7-14-8-10-15(11-9-14)19-17-12-16-18-19;/h1-12H;1H. The number of nitrogens with zero attached hydrogens (tertiary/aromatic N) is 4. The van der Waals surface area contributed by atoms with Crippen LogP contribution in [0.3, 0.4) is 0 Å². The molecule has 0 N–H and O–H groups in total. The zero-order chi connectivity index (χ0) is 12.9. The van der Waals surface area contributed by atoms with E-state index in [4.69, 9.17) is 0 Å². The molecular weight excluding hydrogens is 272 g/mol. The second-order valence-electron chi connectivity index (χ2n) is 4.06. The Hall–Kier alpha value is -2.46. The van der Waals surface area contributed by atoms with Gasteiger partial charge in [-0.05, 0) is 28.5 Å². The van der Waals surface area contributed by atoms with Crippen molar-refractivity contribution < 1.29 is 0 Å². The number of rotatable bonds is 3. The molecule has 4 nitrogen and oxygen atoms in total. The van der Waals surface area contributed by atoms with Gasteiger partial charge in [0.25, 0.3) is 0 Å². The van der Waals surface area contributed by atoms with Crippen molar-refractivity contribution in [2.24, 2.45) is 0 Å². The van der Waals surface area contributed by atoms with Gasteiger partial charge in [0, 0.05) is 0 Å². The molecule has 2 aromatic carbocycles. The van der Waals surface area contributed by atoms with E-state index in [0.717, 1.165) is 11.3 Å². The van der Waals surface area contributed by atoms with Crippen molar-refractivity contribution in [1.82, 2.24) is 20.2 Å². The lowest BCUT2D eigenvalue weighted by atomic mass is 10.1. The Morgan fingerprint density at radius 2 is 1.45 bits per heavy atom. The second kappa shape index (κ2) is 6.63. The summed E-state index contributed by atoms with van der Waals surface area (Å²) in [5.41, 5.74) is 3.21. The lowest BCUT2D eigenvalue weighted by Gasteiger charge is -1.99. The van der Waals surface area contributed by atoms with Gasteiger partial charge in [-0.25, -0.2) is 0 Å². The van der Waals surface area contributed by atoms with E-state index in [1.165, 1.54) is 16.7 Å². The van der Waals surface area contributed by atoms with Crippen molar-refractivity contribution in [3.05, 3.63) is 72.1 Å². The fraction of sp³-hybridized carbons (Fsp3) is 0. The van der Waals surface area contributed by atoms with Gasteiger partial charge in [0.15, 0.2) is 6.33 Å². The number of hydrogen-bond acceptors (Lipinski definition) is 3. The van der Waals surface area contributed by atoms with Crippen LogP contribution in [0.1, 0.15) is 11.1 Å². The monoisotopic (exact) mass is 284 g/mol. The summed E-state index contributed by atoms with van der Waals surface area (Å²) in [7, 11) is 0. The van der Waals surface area contributed by atoms with E-state index in [-0.39, 0.29) is 12.4 Å². The summed E-state index contributed by atoms with van der Waals surface area (Å²) < 4.78 is 0. The van der Waals surface area contributed by atoms with Gasteiger partial charge >= 0.3 is 0 Å². The van der Waals surface area contributed by atoms with Crippen molar-refractivity contribution in [3.63, 3.8) is 0 Å². The quantitative estimate of drug-likeness (QED) is 0.694. The zero-order valence-corrected chi connectivity index (χ0v) is 11.4. The highest BCUT2D eigenvalue weighted by atomic mass is 35.5. The van der Waals surface area contributed by atoms with Gasteiger partial charge in [-0.1, -0.05) is 54.6 Å². The molecule has 0 saturated carbocycles. The first-order valence-electron chi connectivity index (χ1n) is 5.98. The van der Waals surface area contributed by atoms with Crippen LogP contribution in [0.15, 0.2) is 60.9 Å². The Morgan fingerprint density at radius 1 is 0.800 bits per heavy atom. The van der Waals surface area contributed by atoms with Crippen molar-refractivity contribution in [2.75, 3.05) is 0 Å².